The summed E-state index contributed by atoms with van der Waals surface area (Å²) in [4.78, 5) is 41.8. The van der Waals surface area contributed by atoms with Gasteiger partial charge >= 0.3 is 12.1 Å². The van der Waals surface area contributed by atoms with Crippen molar-refractivity contribution >= 4 is 35.0 Å². The Hall–Kier alpha value is -3.18. The fraction of sp³-hybridized carbons (Fsp3) is 0.576. The second-order valence-electron chi connectivity index (χ2n) is 13.8. The Kier molecular flexibility index (Phi) is 7.24. The van der Waals surface area contributed by atoms with Gasteiger partial charge in [-0.3, -0.25) is 14.4 Å². The summed E-state index contributed by atoms with van der Waals surface area (Å²) in [5, 5.41) is 14.3. The number of fused-ring (bicyclic) bond motifs is 1. The number of carbonyl (C=O) groups is 3. The van der Waals surface area contributed by atoms with Crippen molar-refractivity contribution in [3.63, 3.8) is 0 Å². The molecule has 1 spiro atoms. The summed E-state index contributed by atoms with van der Waals surface area (Å²) in [7, 11) is 0. The van der Waals surface area contributed by atoms with Gasteiger partial charge in [-0.05, 0) is 68.1 Å². The Morgan fingerprint density at radius 3 is 2.49 bits per heavy atom. The van der Waals surface area contributed by atoms with Crippen molar-refractivity contribution in [2.45, 2.75) is 69.9 Å². The van der Waals surface area contributed by atoms with E-state index in [2.05, 4.69) is 0 Å². The normalized spacial score (nSPS) is 26.6. The average molecular weight is 646 g/mol. The molecule has 2 saturated heterocycles. The number of likely N-dealkylation sites (tertiary alicyclic amines) is 1. The molecule has 7 rings (SSSR count). The number of benzene rings is 1. The van der Waals surface area contributed by atoms with Gasteiger partial charge < -0.3 is 14.7 Å². The van der Waals surface area contributed by atoms with E-state index in [4.69, 9.17) is 21.4 Å². The van der Waals surface area contributed by atoms with E-state index in [9.17, 15) is 32.7 Å². The van der Waals surface area contributed by atoms with Crippen molar-refractivity contribution in [2.75, 3.05) is 26.3 Å². The lowest BCUT2D eigenvalue weighted by Crippen LogP contribution is -2.46. The molecule has 2 aromatic rings. The first kappa shape index (κ1) is 30.5. The number of carboxylic acid groups (broad SMARTS) is 1. The molecule has 45 heavy (non-hydrogen) atoms. The standard InChI is InChI=1S/C33H35ClF3N3O5/c1-18-13-19(5-7-21(18)30(43)44)27-22-8-6-20(28(41)39-12-11-31(15-39)16-45-17-31)14-25(22)40(38-27)29(42)26-23(3-2-4-24(26)34)32(9-10-32)33(35,36)37/h2-5,18,20-21H,6-17H2,1H3,(H,43,44). The van der Waals surface area contributed by atoms with E-state index in [1.54, 1.807) is 0 Å². The van der Waals surface area contributed by atoms with Gasteiger partial charge in [-0.2, -0.15) is 23.0 Å². The van der Waals surface area contributed by atoms with Crippen molar-refractivity contribution in [1.82, 2.24) is 14.7 Å². The number of nitrogens with zero attached hydrogens (tertiary/aromatic N) is 3. The average Bonchev–Trinajstić information content (AvgIpc) is 3.53. The highest BCUT2D eigenvalue weighted by atomic mass is 35.5. The van der Waals surface area contributed by atoms with E-state index < -0.39 is 35.3 Å². The van der Waals surface area contributed by atoms with E-state index in [1.165, 1.54) is 22.9 Å². The predicted octanol–water partition coefficient (Wildman–Crippen LogP) is 5.69. The molecular weight excluding hydrogens is 611 g/mol. The van der Waals surface area contributed by atoms with Crippen LogP contribution < -0.4 is 0 Å². The maximum Gasteiger partial charge on any atom is 0.398 e. The summed E-state index contributed by atoms with van der Waals surface area (Å²) in [6.07, 6.45) is -0.102. The Bertz CT molecular complexity index is 1620. The van der Waals surface area contributed by atoms with Crippen LogP contribution in [-0.2, 0) is 32.6 Å². The van der Waals surface area contributed by atoms with Crippen LogP contribution in [0.15, 0.2) is 24.3 Å². The number of hydrogen-bond acceptors (Lipinski definition) is 5. The zero-order valence-corrected chi connectivity index (χ0v) is 25.7. The Morgan fingerprint density at radius 1 is 1.13 bits per heavy atom. The number of aromatic nitrogens is 2. The lowest BCUT2D eigenvalue weighted by atomic mass is 9.78. The van der Waals surface area contributed by atoms with E-state index in [1.807, 2.05) is 17.9 Å². The van der Waals surface area contributed by atoms with Crippen LogP contribution in [0.3, 0.4) is 0 Å². The third-order valence-corrected chi connectivity index (χ3v) is 11.2. The van der Waals surface area contributed by atoms with Crippen molar-refractivity contribution < 1.29 is 37.4 Å². The van der Waals surface area contributed by atoms with Gasteiger partial charge in [-0.25, -0.2) is 0 Å². The minimum absolute atomic E-state index is 0.00779. The third-order valence-electron chi connectivity index (χ3n) is 10.9. The second kappa shape index (κ2) is 10.7. The van der Waals surface area contributed by atoms with E-state index in [0.717, 1.165) is 17.6 Å². The molecule has 8 nitrogen and oxygen atoms in total. The Balaban J connectivity index is 1.28. The van der Waals surface area contributed by atoms with Crippen LogP contribution >= 0.6 is 11.6 Å². The number of aliphatic carboxylic acids is 1. The SMILES string of the molecule is CC1CC(c2nn(C(=O)c3c(Cl)cccc3C3(C(F)(F)F)CC3)c3c2CCC(C(=O)N2CCC4(COC4)C2)C3)=CCC1C(=O)O. The summed E-state index contributed by atoms with van der Waals surface area (Å²) >= 11 is 6.51. The molecule has 3 aliphatic carbocycles. The fourth-order valence-electron chi connectivity index (χ4n) is 7.94. The molecule has 3 fully saturated rings. The minimum Gasteiger partial charge on any atom is -0.481 e. The van der Waals surface area contributed by atoms with Crippen LogP contribution in [0.4, 0.5) is 13.2 Å². The van der Waals surface area contributed by atoms with Crippen LogP contribution in [0.2, 0.25) is 5.02 Å². The lowest BCUT2D eigenvalue weighted by molar-refractivity contribution is -0.160. The molecular formula is C33H35ClF3N3O5. The van der Waals surface area contributed by atoms with Gasteiger partial charge in [0, 0.05) is 36.4 Å². The molecule has 12 heteroatoms. The highest BCUT2D eigenvalue weighted by Crippen LogP contribution is 2.60. The summed E-state index contributed by atoms with van der Waals surface area (Å²) in [5.41, 5.74) is 0.180. The van der Waals surface area contributed by atoms with E-state index in [-0.39, 0.29) is 52.7 Å². The largest absolute Gasteiger partial charge is 0.481 e. The monoisotopic (exact) mass is 645 g/mol. The lowest BCUT2D eigenvalue weighted by Gasteiger charge is -2.38. The molecule has 240 valence electrons. The van der Waals surface area contributed by atoms with Gasteiger partial charge in [0.25, 0.3) is 5.91 Å². The van der Waals surface area contributed by atoms with Gasteiger partial charge in [0.1, 0.15) is 0 Å². The van der Waals surface area contributed by atoms with Crippen LogP contribution in [-0.4, -0.2) is 70.1 Å². The maximum absolute atomic E-state index is 14.4. The van der Waals surface area contributed by atoms with Gasteiger partial charge in [0.2, 0.25) is 5.91 Å². The molecule has 3 heterocycles. The zero-order valence-electron chi connectivity index (χ0n) is 25.0. The molecule has 1 N–H and O–H groups in total. The number of allylic oxidation sites excluding steroid dienone is 2. The van der Waals surface area contributed by atoms with Crippen LogP contribution in [0, 0.1) is 23.2 Å². The molecule has 1 aromatic carbocycles. The second-order valence-corrected chi connectivity index (χ2v) is 14.2. The number of carboxylic acids is 1. The number of rotatable bonds is 5. The van der Waals surface area contributed by atoms with Crippen molar-refractivity contribution in [1.29, 1.82) is 0 Å². The van der Waals surface area contributed by atoms with Gasteiger partial charge in [-0.1, -0.05) is 36.7 Å². The number of carbonyl (C=O) groups excluding carboxylic acids is 2. The Morgan fingerprint density at radius 2 is 1.89 bits per heavy atom. The molecule has 1 saturated carbocycles. The Labute approximate surface area is 263 Å². The minimum atomic E-state index is -4.55. The van der Waals surface area contributed by atoms with Crippen LogP contribution in [0.25, 0.3) is 5.57 Å². The van der Waals surface area contributed by atoms with Crippen LogP contribution in [0.5, 0.6) is 0 Å². The summed E-state index contributed by atoms with van der Waals surface area (Å²) in [6.45, 7) is 4.44. The number of ether oxygens (including phenoxy) is 1. The van der Waals surface area contributed by atoms with E-state index >= 15 is 0 Å². The number of halogens is 4. The first-order valence-corrected chi connectivity index (χ1v) is 16.0. The molecule has 0 radical (unpaired) electrons. The summed E-state index contributed by atoms with van der Waals surface area (Å²) in [5.74, 6) is -2.73. The van der Waals surface area contributed by atoms with Crippen molar-refractivity contribution in [2.24, 2.45) is 23.2 Å². The number of hydrogen-bond donors (Lipinski definition) is 1. The topological polar surface area (TPSA) is 102 Å². The molecule has 1 amide bonds. The quantitative estimate of drug-likeness (QED) is 0.449. The van der Waals surface area contributed by atoms with Crippen molar-refractivity contribution in [3.8, 4) is 0 Å². The first-order valence-electron chi connectivity index (χ1n) is 15.6. The first-order chi connectivity index (χ1) is 21.3. The number of amides is 1. The highest BCUT2D eigenvalue weighted by molar-refractivity contribution is 6.34. The molecule has 1 aromatic heterocycles. The highest BCUT2D eigenvalue weighted by Gasteiger charge is 2.65. The maximum atomic E-state index is 14.4. The smallest absolute Gasteiger partial charge is 0.398 e. The van der Waals surface area contributed by atoms with Crippen molar-refractivity contribution in [3.05, 3.63) is 57.4 Å². The molecule has 2 aliphatic heterocycles. The van der Waals surface area contributed by atoms with Gasteiger partial charge in [0.05, 0.1) is 46.5 Å². The molecule has 5 aliphatic rings. The summed E-state index contributed by atoms with van der Waals surface area (Å²) < 4.78 is 49.5. The third kappa shape index (κ3) is 4.92. The number of alkyl halides is 3. The van der Waals surface area contributed by atoms with Gasteiger partial charge in [0.15, 0.2) is 0 Å². The predicted molar refractivity (Wildman–Crippen MR) is 158 cm³/mol. The molecule has 3 unspecified atom stereocenters. The summed E-state index contributed by atoms with van der Waals surface area (Å²) in [6, 6.07) is 4.17. The fourth-order valence-corrected chi connectivity index (χ4v) is 8.20. The van der Waals surface area contributed by atoms with Crippen LogP contribution in [0.1, 0.15) is 78.3 Å². The molecule has 3 atom stereocenters. The zero-order chi connectivity index (χ0) is 31.9. The molecule has 0 bridgehead atoms. The van der Waals surface area contributed by atoms with E-state index in [0.29, 0.717) is 63.4 Å². The van der Waals surface area contributed by atoms with Gasteiger partial charge in [-0.15, -0.1) is 0 Å².